The topological polar surface area (TPSA) is 44.1 Å². The lowest BCUT2D eigenvalue weighted by Gasteiger charge is -2.18. The summed E-state index contributed by atoms with van der Waals surface area (Å²) in [7, 11) is 1.67. The van der Waals surface area contributed by atoms with Crippen LogP contribution < -0.4 is 4.90 Å². The molecule has 0 fully saturated rings. The highest BCUT2D eigenvalue weighted by molar-refractivity contribution is 9.10. The van der Waals surface area contributed by atoms with Crippen LogP contribution >= 0.6 is 27.5 Å². The predicted molar refractivity (Wildman–Crippen MR) is 83.0 cm³/mol. The number of carbonyl (C=O) groups is 1. The van der Waals surface area contributed by atoms with E-state index in [2.05, 4.69) is 22.0 Å². The summed E-state index contributed by atoms with van der Waals surface area (Å²) in [5.41, 5.74) is 1.69. The quantitative estimate of drug-likeness (QED) is 0.813. The molecule has 2 aromatic rings. The minimum atomic E-state index is -0.177. The predicted octanol–water partition coefficient (Wildman–Crippen LogP) is 4.25. The van der Waals surface area contributed by atoms with E-state index >= 15 is 0 Å². The van der Waals surface area contributed by atoms with Crippen molar-refractivity contribution in [2.45, 2.75) is 0 Å². The number of nitrogens with zero attached hydrogens (tertiary/aromatic N) is 2. The van der Waals surface area contributed by atoms with E-state index in [1.54, 1.807) is 49.5 Å². The van der Waals surface area contributed by atoms with Crippen molar-refractivity contribution in [1.82, 2.24) is 0 Å². The van der Waals surface area contributed by atoms with Gasteiger partial charge in [0.2, 0.25) is 0 Å². The fourth-order valence-electron chi connectivity index (χ4n) is 1.74. The first-order valence-corrected chi connectivity index (χ1v) is 6.93. The second-order valence-electron chi connectivity index (χ2n) is 4.15. The van der Waals surface area contributed by atoms with E-state index in [0.717, 1.165) is 0 Å². The van der Waals surface area contributed by atoms with Crippen molar-refractivity contribution >= 4 is 39.1 Å². The lowest BCUT2D eigenvalue weighted by atomic mass is 10.1. The largest absolute Gasteiger partial charge is 0.311 e. The van der Waals surface area contributed by atoms with Gasteiger partial charge in [-0.2, -0.15) is 5.26 Å². The number of hydrogen-bond acceptors (Lipinski definition) is 2. The molecule has 20 heavy (non-hydrogen) atoms. The zero-order chi connectivity index (χ0) is 14.7. The highest BCUT2D eigenvalue weighted by atomic mass is 79.9. The van der Waals surface area contributed by atoms with Crippen molar-refractivity contribution < 1.29 is 4.79 Å². The molecular weight excluding hydrogens is 340 g/mol. The zero-order valence-corrected chi connectivity index (χ0v) is 12.9. The standard InChI is InChI=1S/C15H10BrClN2O/c1-19(12-4-2-3-10(7-12)9-18)15(20)13-6-5-11(17)8-14(13)16/h2-8H,1H3. The first-order valence-electron chi connectivity index (χ1n) is 5.76. The summed E-state index contributed by atoms with van der Waals surface area (Å²) in [6.07, 6.45) is 0. The van der Waals surface area contributed by atoms with Gasteiger partial charge in [-0.15, -0.1) is 0 Å². The van der Waals surface area contributed by atoms with Crippen LogP contribution in [0.1, 0.15) is 15.9 Å². The number of halogens is 2. The Kier molecular flexibility index (Phi) is 4.43. The molecule has 0 atom stereocenters. The lowest BCUT2D eigenvalue weighted by molar-refractivity contribution is 0.0992. The van der Waals surface area contributed by atoms with Gasteiger partial charge in [-0.05, 0) is 52.3 Å². The number of anilines is 1. The van der Waals surface area contributed by atoms with Gasteiger partial charge < -0.3 is 4.90 Å². The van der Waals surface area contributed by atoms with Crippen LogP contribution in [-0.4, -0.2) is 13.0 Å². The minimum absolute atomic E-state index is 0.177. The van der Waals surface area contributed by atoms with Crippen LogP contribution in [0.15, 0.2) is 46.9 Å². The van der Waals surface area contributed by atoms with Crippen molar-refractivity contribution in [2.75, 3.05) is 11.9 Å². The van der Waals surface area contributed by atoms with Crippen molar-refractivity contribution in [2.24, 2.45) is 0 Å². The molecule has 0 bridgehead atoms. The van der Waals surface area contributed by atoms with Crippen molar-refractivity contribution in [3.05, 3.63) is 63.1 Å². The van der Waals surface area contributed by atoms with E-state index in [9.17, 15) is 4.79 Å². The van der Waals surface area contributed by atoms with Gasteiger partial charge in [0.05, 0.1) is 17.2 Å². The monoisotopic (exact) mass is 348 g/mol. The summed E-state index contributed by atoms with van der Waals surface area (Å²) in [6.45, 7) is 0. The Bertz CT molecular complexity index is 709. The van der Waals surface area contributed by atoms with Gasteiger partial charge in [0.15, 0.2) is 0 Å². The number of nitriles is 1. The zero-order valence-electron chi connectivity index (χ0n) is 10.6. The molecule has 0 heterocycles. The number of hydrogen-bond donors (Lipinski definition) is 0. The van der Waals surface area contributed by atoms with Crippen LogP contribution in [0.2, 0.25) is 5.02 Å². The molecule has 2 rings (SSSR count). The molecule has 0 spiro atoms. The second kappa shape index (κ2) is 6.08. The van der Waals surface area contributed by atoms with Gasteiger partial charge in [0.25, 0.3) is 5.91 Å². The lowest BCUT2D eigenvalue weighted by Crippen LogP contribution is -2.26. The second-order valence-corrected chi connectivity index (χ2v) is 5.44. The summed E-state index contributed by atoms with van der Waals surface area (Å²) < 4.78 is 0.637. The van der Waals surface area contributed by atoms with Crippen LogP contribution in [0.4, 0.5) is 5.69 Å². The molecule has 0 aliphatic carbocycles. The molecule has 0 N–H and O–H groups in total. The third kappa shape index (κ3) is 3.01. The average molecular weight is 350 g/mol. The van der Waals surface area contributed by atoms with E-state index < -0.39 is 0 Å². The van der Waals surface area contributed by atoms with Gasteiger partial charge in [0.1, 0.15) is 0 Å². The van der Waals surface area contributed by atoms with Crippen molar-refractivity contribution in [3.8, 4) is 6.07 Å². The van der Waals surface area contributed by atoms with Gasteiger partial charge in [-0.3, -0.25) is 4.79 Å². The van der Waals surface area contributed by atoms with E-state index in [4.69, 9.17) is 16.9 Å². The Labute approximate surface area is 130 Å². The van der Waals surface area contributed by atoms with Gasteiger partial charge in [-0.1, -0.05) is 17.7 Å². The molecule has 5 heteroatoms. The molecule has 0 saturated carbocycles. The number of carbonyl (C=O) groups excluding carboxylic acids is 1. The van der Waals surface area contributed by atoms with Gasteiger partial charge in [-0.25, -0.2) is 0 Å². The third-order valence-electron chi connectivity index (χ3n) is 2.83. The maximum Gasteiger partial charge on any atom is 0.259 e. The summed E-state index contributed by atoms with van der Waals surface area (Å²) in [5, 5.41) is 9.46. The Hall–Kier alpha value is -1.83. The molecule has 0 saturated heterocycles. The highest BCUT2D eigenvalue weighted by Crippen LogP contribution is 2.24. The Morgan fingerprint density at radius 3 is 2.70 bits per heavy atom. The van der Waals surface area contributed by atoms with Crippen molar-refractivity contribution in [1.29, 1.82) is 5.26 Å². The molecule has 0 aliphatic heterocycles. The molecule has 0 aliphatic rings. The normalized spacial score (nSPS) is 9.90. The molecule has 3 nitrogen and oxygen atoms in total. The molecule has 0 unspecified atom stereocenters. The van der Waals surface area contributed by atoms with E-state index in [0.29, 0.717) is 26.3 Å². The maximum absolute atomic E-state index is 12.4. The summed E-state index contributed by atoms with van der Waals surface area (Å²) >= 11 is 9.20. The first-order chi connectivity index (χ1) is 9.52. The number of amides is 1. The third-order valence-corrected chi connectivity index (χ3v) is 3.72. The van der Waals surface area contributed by atoms with Gasteiger partial charge >= 0.3 is 0 Å². The van der Waals surface area contributed by atoms with E-state index in [1.165, 1.54) is 4.90 Å². The van der Waals surface area contributed by atoms with E-state index in [-0.39, 0.29) is 5.91 Å². The van der Waals surface area contributed by atoms with Crippen LogP contribution in [-0.2, 0) is 0 Å². The van der Waals surface area contributed by atoms with E-state index in [1.807, 2.05) is 0 Å². The molecular formula is C15H10BrClN2O. The molecule has 2 aromatic carbocycles. The van der Waals surface area contributed by atoms with Crippen LogP contribution in [0.5, 0.6) is 0 Å². The molecule has 0 radical (unpaired) electrons. The maximum atomic E-state index is 12.4. The van der Waals surface area contributed by atoms with Crippen LogP contribution in [0, 0.1) is 11.3 Å². The van der Waals surface area contributed by atoms with Gasteiger partial charge in [0, 0.05) is 22.2 Å². The average Bonchev–Trinajstić information content (AvgIpc) is 2.46. The number of rotatable bonds is 2. The molecule has 1 amide bonds. The number of benzene rings is 2. The fraction of sp³-hybridized carbons (Fsp3) is 0.0667. The Morgan fingerprint density at radius 1 is 1.30 bits per heavy atom. The first kappa shape index (κ1) is 14.6. The Morgan fingerprint density at radius 2 is 2.05 bits per heavy atom. The SMILES string of the molecule is CN(C(=O)c1ccc(Cl)cc1Br)c1cccc(C#N)c1. The smallest absolute Gasteiger partial charge is 0.259 e. The van der Waals surface area contributed by atoms with Crippen LogP contribution in [0.25, 0.3) is 0 Å². The molecule has 100 valence electrons. The summed E-state index contributed by atoms with van der Waals surface area (Å²) in [6, 6.07) is 13.9. The Balaban J connectivity index is 2.35. The van der Waals surface area contributed by atoms with Crippen molar-refractivity contribution in [3.63, 3.8) is 0 Å². The van der Waals surface area contributed by atoms with Crippen LogP contribution in [0.3, 0.4) is 0 Å². The minimum Gasteiger partial charge on any atom is -0.311 e. The summed E-state index contributed by atoms with van der Waals surface area (Å²) in [5.74, 6) is -0.177. The highest BCUT2D eigenvalue weighted by Gasteiger charge is 2.16. The summed E-state index contributed by atoms with van der Waals surface area (Å²) in [4.78, 5) is 13.9. The fourth-order valence-corrected chi connectivity index (χ4v) is 2.60. The molecule has 0 aromatic heterocycles.